The number of anilines is 1. The molecule has 0 spiro atoms. The van der Waals surface area contributed by atoms with Crippen molar-refractivity contribution in [3.63, 3.8) is 0 Å². The molecular weight excluding hydrogens is 185 g/mol. The summed E-state index contributed by atoms with van der Waals surface area (Å²) < 4.78 is 13.3. The Balaban J connectivity index is 2.58. The molecule has 2 rings (SSSR count). The molecule has 2 aromatic rings. The van der Waals surface area contributed by atoms with Gasteiger partial charge in [-0.05, 0) is 12.1 Å². The second-order valence-corrected chi connectivity index (χ2v) is 2.86. The molecule has 0 bridgehead atoms. The van der Waals surface area contributed by atoms with Crippen molar-refractivity contribution in [2.75, 3.05) is 5.73 Å². The molecule has 4 N–H and O–H groups in total. The van der Waals surface area contributed by atoms with Gasteiger partial charge in [0.2, 0.25) is 0 Å². The first-order valence-corrected chi connectivity index (χ1v) is 3.96. The first kappa shape index (κ1) is 8.55. The number of phenols is 1. The predicted octanol–water partition coefficient (Wildman–Crippen LogP) is 1.50. The maximum absolute atomic E-state index is 13.3. The standard InChI is InChI=1S/C9H8FN3O/c10-8-3-5(14)1-2-6(8)7-4-12-13-9(7)11/h1-4,14H,(H3,11,12,13). The fraction of sp³-hybridized carbons (Fsp3) is 0. The summed E-state index contributed by atoms with van der Waals surface area (Å²) in [7, 11) is 0. The van der Waals surface area contributed by atoms with E-state index in [2.05, 4.69) is 10.2 Å². The van der Waals surface area contributed by atoms with E-state index in [-0.39, 0.29) is 5.75 Å². The van der Waals surface area contributed by atoms with Crippen LogP contribution in [-0.2, 0) is 0 Å². The van der Waals surface area contributed by atoms with Gasteiger partial charge in [0.15, 0.2) is 0 Å². The third kappa shape index (κ3) is 1.28. The van der Waals surface area contributed by atoms with E-state index in [1.54, 1.807) is 0 Å². The lowest BCUT2D eigenvalue weighted by molar-refractivity contribution is 0.469. The van der Waals surface area contributed by atoms with E-state index in [4.69, 9.17) is 10.8 Å². The maximum atomic E-state index is 13.3. The van der Waals surface area contributed by atoms with Crippen LogP contribution >= 0.6 is 0 Å². The Labute approximate surface area is 79.2 Å². The Hall–Kier alpha value is -2.04. The van der Waals surface area contributed by atoms with Gasteiger partial charge in [-0.15, -0.1) is 0 Å². The number of nitrogens with zero attached hydrogens (tertiary/aromatic N) is 1. The van der Waals surface area contributed by atoms with Crippen molar-refractivity contribution in [1.82, 2.24) is 10.2 Å². The minimum Gasteiger partial charge on any atom is -0.508 e. The number of phenolic OH excluding ortho intramolecular Hbond substituents is 1. The van der Waals surface area contributed by atoms with Gasteiger partial charge in [-0.25, -0.2) is 4.39 Å². The van der Waals surface area contributed by atoms with Crippen LogP contribution in [0.25, 0.3) is 11.1 Å². The van der Waals surface area contributed by atoms with E-state index in [1.165, 1.54) is 18.3 Å². The van der Waals surface area contributed by atoms with Gasteiger partial charge in [0.1, 0.15) is 17.4 Å². The fourth-order valence-corrected chi connectivity index (χ4v) is 1.23. The molecule has 0 amide bonds. The Morgan fingerprint density at radius 1 is 1.36 bits per heavy atom. The van der Waals surface area contributed by atoms with Crippen LogP contribution in [0.2, 0.25) is 0 Å². The largest absolute Gasteiger partial charge is 0.508 e. The topological polar surface area (TPSA) is 74.9 Å². The molecule has 0 fully saturated rings. The number of aromatic hydroxyl groups is 1. The number of nitrogens with one attached hydrogen (secondary N) is 1. The van der Waals surface area contributed by atoms with Crippen molar-refractivity contribution in [2.45, 2.75) is 0 Å². The van der Waals surface area contributed by atoms with Crippen LogP contribution in [0.5, 0.6) is 5.75 Å². The van der Waals surface area contributed by atoms with Crippen molar-refractivity contribution in [3.05, 3.63) is 30.2 Å². The minimum atomic E-state index is -0.530. The summed E-state index contributed by atoms with van der Waals surface area (Å²) in [6, 6.07) is 3.87. The minimum absolute atomic E-state index is 0.117. The summed E-state index contributed by atoms with van der Waals surface area (Å²) in [6.07, 6.45) is 1.44. The number of nitrogen functional groups attached to an aromatic ring is 1. The number of rotatable bonds is 1. The molecule has 1 aromatic heterocycles. The highest BCUT2D eigenvalue weighted by atomic mass is 19.1. The van der Waals surface area contributed by atoms with Gasteiger partial charge in [0.05, 0.1) is 6.20 Å². The van der Waals surface area contributed by atoms with Crippen LogP contribution in [0.4, 0.5) is 10.2 Å². The number of aromatic amines is 1. The molecule has 0 unspecified atom stereocenters. The van der Waals surface area contributed by atoms with Gasteiger partial charge >= 0.3 is 0 Å². The summed E-state index contributed by atoms with van der Waals surface area (Å²) in [5, 5.41) is 15.2. The Morgan fingerprint density at radius 2 is 2.14 bits per heavy atom. The molecule has 0 aliphatic carbocycles. The quantitative estimate of drug-likeness (QED) is 0.642. The zero-order chi connectivity index (χ0) is 10.1. The summed E-state index contributed by atoms with van der Waals surface area (Å²) in [5.41, 5.74) is 6.33. The molecule has 4 nitrogen and oxygen atoms in total. The van der Waals surface area contributed by atoms with Crippen molar-refractivity contribution in [2.24, 2.45) is 0 Å². The van der Waals surface area contributed by atoms with Crippen LogP contribution in [-0.4, -0.2) is 15.3 Å². The normalized spacial score (nSPS) is 10.4. The van der Waals surface area contributed by atoms with Crippen molar-refractivity contribution in [1.29, 1.82) is 0 Å². The molecule has 5 heteroatoms. The Morgan fingerprint density at radius 3 is 2.71 bits per heavy atom. The average Bonchev–Trinajstić information content (AvgIpc) is 2.52. The third-order valence-corrected chi connectivity index (χ3v) is 1.91. The number of hydrogen-bond donors (Lipinski definition) is 3. The summed E-state index contributed by atoms with van der Waals surface area (Å²) in [4.78, 5) is 0. The van der Waals surface area contributed by atoms with Crippen LogP contribution in [0.1, 0.15) is 0 Å². The van der Waals surface area contributed by atoms with E-state index >= 15 is 0 Å². The lowest BCUT2D eigenvalue weighted by Gasteiger charge is -2.01. The maximum Gasteiger partial charge on any atom is 0.134 e. The van der Waals surface area contributed by atoms with Crippen LogP contribution in [0.15, 0.2) is 24.4 Å². The van der Waals surface area contributed by atoms with Gasteiger partial charge in [-0.2, -0.15) is 5.10 Å². The van der Waals surface area contributed by atoms with Gasteiger partial charge in [-0.3, -0.25) is 5.10 Å². The molecule has 72 valence electrons. The van der Waals surface area contributed by atoms with E-state index < -0.39 is 5.82 Å². The second kappa shape index (κ2) is 3.02. The number of nitrogens with two attached hydrogens (primary N) is 1. The molecule has 1 aromatic carbocycles. The first-order valence-electron chi connectivity index (χ1n) is 3.96. The summed E-state index contributed by atoms with van der Waals surface area (Å²) in [5.74, 6) is -0.346. The molecule has 0 aliphatic heterocycles. The molecule has 0 saturated carbocycles. The first-order chi connectivity index (χ1) is 6.68. The highest BCUT2D eigenvalue weighted by molar-refractivity contribution is 5.73. The zero-order valence-electron chi connectivity index (χ0n) is 7.16. The van der Waals surface area contributed by atoms with Gasteiger partial charge in [0, 0.05) is 17.2 Å². The lowest BCUT2D eigenvalue weighted by atomic mass is 10.1. The molecular formula is C9H8FN3O. The van der Waals surface area contributed by atoms with Crippen molar-refractivity contribution >= 4 is 5.82 Å². The fourth-order valence-electron chi connectivity index (χ4n) is 1.23. The molecule has 14 heavy (non-hydrogen) atoms. The van der Waals surface area contributed by atoms with Gasteiger partial charge < -0.3 is 10.8 Å². The molecule has 0 aliphatic rings. The van der Waals surface area contributed by atoms with Crippen LogP contribution < -0.4 is 5.73 Å². The van der Waals surface area contributed by atoms with Crippen LogP contribution in [0, 0.1) is 5.82 Å². The summed E-state index contributed by atoms with van der Waals surface area (Å²) >= 11 is 0. The number of hydrogen-bond acceptors (Lipinski definition) is 3. The molecule has 0 saturated heterocycles. The third-order valence-electron chi connectivity index (χ3n) is 1.91. The SMILES string of the molecule is Nc1[nH]ncc1-c1ccc(O)cc1F. The Bertz CT molecular complexity index is 467. The van der Waals surface area contributed by atoms with E-state index in [1.807, 2.05) is 0 Å². The Kier molecular flexibility index (Phi) is 1.85. The molecule has 0 atom stereocenters. The number of benzene rings is 1. The average molecular weight is 193 g/mol. The molecule has 1 heterocycles. The molecule has 0 radical (unpaired) electrons. The highest BCUT2D eigenvalue weighted by Gasteiger charge is 2.10. The number of aromatic nitrogens is 2. The predicted molar refractivity (Wildman–Crippen MR) is 50.1 cm³/mol. The van der Waals surface area contributed by atoms with Gasteiger partial charge in [0.25, 0.3) is 0 Å². The number of halogens is 1. The van der Waals surface area contributed by atoms with E-state index in [0.717, 1.165) is 6.07 Å². The highest BCUT2D eigenvalue weighted by Crippen LogP contribution is 2.28. The van der Waals surface area contributed by atoms with E-state index in [0.29, 0.717) is 16.9 Å². The van der Waals surface area contributed by atoms with Gasteiger partial charge in [-0.1, -0.05) is 0 Å². The van der Waals surface area contributed by atoms with E-state index in [9.17, 15) is 4.39 Å². The van der Waals surface area contributed by atoms with Crippen molar-refractivity contribution in [3.8, 4) is 16.9 Å². The van der Waals surface area contributed by atoms with Crippen LogP contribution in [0.3, 0.4) is 0 Å². The second-order valence-electron chi connectivity index (χ2n) is 2.86. The zero-order valence-corrected chi connectivity index (χ0v) is 7.16. The number of H-pyrrole nitrogens is 1. The monoisotopic (exact) mass is 193 g/mol. The lowest BCUT2D eigenvalue weighted by Crippen LogP contribution is -1.89. The smallest absolute Gasteiger partial charge is 0.134 e. The van der Waals surface area contributed by atoms with Crippen molar-refractivity contribution < 1.29 is 9.50 Å². The summed E-state index contributed by atoms with van der Waals surface area (Å²) in [6.45, 7) is 0.